The molecule has 5 aromatic heterocycles. The highest BCUT2D eigenvalue weighted by Gasteiger charge is 2.26. The first-order valence-corrected chi connectivity index (χ1v) is 38.8. The molecule has 0 saturated carbocycles. The molecule has 15 rings (SSSR count). The highest BCUT2D eigenvalue weighted by atomic mass is 19.1. The number of aryl methyl sites for hydroxylation is 16. The van der Waals surface area contributed by atoms with Crippen molar-refractivity contribution >= 4 is 54.5 Å². The first-order chi connectivity index (χ1) is 53.0. The maximum atomic E-state index is 13.8. The fourth-order valence-corrected chi connectivity index (χ4v) is 15.4. The molecule has 0 atom stereocenters. The number of fused-ring (bicyclic) bond motifs is 5. The van der Waals surface area contributed by atoms with Gasteiger partial charge in [0.05, 0.1) is 62.2 Å². The summed E-state index contributed by atoms with van der Waals surface area (Å²) in [4.78, 5) is 23.1. The Bertz CT molecular complexity index is 6010. The number of nitrogens with zero attached hydrogens (tertiary/aromatic N) is 10. The lowest BCUT2D eigenvalue weighted by atomic mass is 9.91. The fourth-order valence-electron chi connectivity index (χ4n) is 15.4. The van der Waals surface area contributed by atoms with Gasteiger partial charge in [-0.15, -0.1) is 0 Å². The Balaban J connectivity index is 0.000000138. The Morgan fingerprint density at radius 1 is 0.288 bits per heavy atom. The van der Waals surface area contributed by atoms with Gasteiger partial charge < -0.3 is 0 Å². The van der Waals surface area contributed by atoms with Crippen LogP contribution in [0.25, 0.3) is 111 Å². The van der Waals surface area contributed by atoms with Crippen molar-refractivity contribution < 1.29 is 36.0 Å². The van der Waals surface area contributed by atoms with Gasteiger partial charge in [0, 0.05) is 47.2 Å². The summed E-state index contributed by atoms with van der Waals surface area (Å²) in [6, 6.07) is 59.8. The largest absolute Gasteiger partial charge is 0.296 e. The van der Waals surface area contributed by atoms with Crippen molar-refractivity contribution in [3.8, 4) is 56.3 Å². The molecule has 10 aromatic carbocycles. The molecule has 0 fully saturated rings. The maximum absolute atomic E-state index is 13.8. The molecule has 0 spiro atoms. The minimum atomic E-state index is -0.160. The first-order valence-electron chi connectivity index (χ1n) is 38.8. The van der Waals surface area contributed by atoms with Crippen molar-refractivity contribution in [1.29, 1.82) is 0 Å². The minimum absolute atomic E-state index is 0.157. The summed E-state index contributed by atoms with van der Waals surface area (Å²) in [5.74, 6) is 2.64. The summed E-state index contributed by atoms with van der Waals surface area (Å²) in [7, 11) is 10.2. The number of halogens is 3. The molecule has 0 amide bonds. The number of para-hydroxylation sites is 3. The predicted octanol–water partition coefficient (Wildman–Crippen LogP) is 21.9. The Labute approximate surface area is 654 Å². The normalized spacial score (nSPS) is 11.2. The molecule has 0 bridgehead atoms. The molecule has 0 aliphatic carbocycles. The zero-order chi connectivity index (χ0) is 80.0. The molecule has 111 heavy (non-hydrogen) atoms. The Morgan fingerprint density at radius 2 is 0.658 bits per heavy atom. The number of benzene rings is 10. The second kappa shape index (κ2) is 34.7. The Kier molecular flexibility index (Phi) is 25.2. The van der Waals surface area contributed by atoms with Crippen LogP contribution < -0.4 is 22.8 Å². The van der Waals surface area contributed by atoms with Crippen LogP contribution in [0.5, 0.6) is 0 Å². The third kappa shape index (κ3) is 17.2. The van der Waals surface area contributed by atoms with Gasteiger partial charge in [0.15, 0.2) is 27.6 Å². The SMILES string of the molecule is CCC(CC)c1ccc2c(-c3cc(C)ccc3C)[n+](C)cnc2c1.CCC(CC)c1ccc2nc[n+](C)c(-c3cc(C)ccc3C)c2c1.Cc1cc(-c2c3cccc(C)c3nc(C)[n+]2C)c(C)cc1F.Cc1cc(-c2c3ccccc3nc(C)[n+]2C)c(C)cc1F.Cc1cc(-c2c3ccccc3nc[n+]2C)c(C)cc1F. The fraction of sp³-hybridized carbons (Fsp3) is 0.286. The second-order valence-electron chi connectivity index (χ2n) is 30.2. The monoisotopic (exact) mass is 1480 g/mol. The van der Waals surface area contributed by atoms with E-state index >= 15 is 0 Å². The van der Waals surface area contributed by atoms with Crippen molar-refractivity contribution in [3.05, 3.63) is 296 Å². The van der Waals surface area contributed by atoms with E-state index in [1.807, 2.05) is 134 Å². The molecule has 13 heteroatoms. The number of rotatable bonds is 11. The van der Waals surface area contributed by atoms with Crippen molar-refractivity contribution in [2.75, 3.05) is 0 Å². The van der Waals surface area contributed by atoms with E-state index in [4.69, 9.17) is 9.97 Å². The van der Waals surface area contributed by atoms with Crippen LogP contribution in [0.1, 0.15) is 149 Å². The first kappa shape index (κ1) is 80.7. The molecule has 10 nitrogen and oxygen atoms in total. The molecule has 0 radical (unpaired) electrons. The molecule has 5 heterocycles. The van der Waals surface area contributed by atoms with Crippen LogP contribution in [-0.4, -0.2) is 24.9 Å². The third-order valence-corrected chi connectivity index (χ3v) is 22.2. The summed E-state index contributed by atoms with van der Waals surface area (Å²) in [5.41, 5.74) is 30.5. The molecular weight excluding hydrogens is 1370 g/mol. The molecule has 0 aliphatic heterocycles. The summed E-state index contributed by atoms with van der Waals surface area (Å²) in [6.45, 7) is 35.0. The third-order valence-electron chi connectivity index (χ3n) is 22.2. The van der Waals surface area contributed by atoms with Crippen molar-refractivity contribution in [2.45, 2.75) is 155 Å². The van der Waals surface area contributed by atoms with Gasteiger partial charge in [-0.2, -0.15) is 0 Å². The maximum Gasteiger partial charge on any atom is 0.296 e. The predicted molar refractivity (Wildman–Crippen MR) is 450 cm³/mol. The standard InChI is InChI=1S/2C22H27N2.C19H20FN2.C18H18FN2.C17H16FN2/c1-6-17(7-2)18-10-11-21-20(13-18)22(24(5)14-23-21)19-12-15(3)8-9-16(19)4;1-6-17(7-2)18-10-11-19-21(13-18)23-14-24(5)22(19)20-12-15(3)8-9-16(20)4;1-11-7-6-8-15-18(11)21-14(4)22(5)19(15)16-9-13(3)17(20)10-12(16)2;1-11-10-16(19)12(2)9-15(11)18-14-7-5-6-8-17(14)20-13(3)21(18)4;1-11-9-15(18)12(2)8-14(11)17-13-6-4-5-7-16(13)19-10-20(17)3/h2*8-14,17H,6-7H2,1-5H3;6-10H,1-5H3;5-10H,1-4H3;4-10H,1-3H3/q5*+1. The smallest absolute Gasteiger partial charge is 0.232 e. The van der Waals surface area contributed by atoms with E-state index in [2.05, 4.69) is 207 Å². The zero-order valence-corrected chi connectivity index (χ0v) is 69.1. The van der Waals surface area contributed by atoms with Crippen molar-refractivity contribution in [1.82, 2.24) is 24.9 Å². The average Bonchev–Trinajstić information content (AvgIpc) is 0.763. The average molecular weight is 1480 g/mol. The summed E-state index contributed by atoms with van der Waals surface area (Å²) in [6.07, 6.45) is 10.4. The molecule has 0 aliphatic rings. The Morgan fingerprint density at radius 3 is 1.14 bits per heavy atom. The number of hydrogen-bond acceptors (Lipinski definition) is 5. The molecule has 0 N–H and O–H groups in total. The van der Waals surface area contributed by atoms with E-state index in [0.29, 0.717) is 28.5 Å². The van der Waals surface area contributed by atoms with Gasteiger partial charge in [0.2, 0.25) is 0 Å². The van der Waals surface area contributed by atoms with Gasteiger partial charge >= 0.3 is 0 Å². The molecular formula is C98H108F3N10+5. The zero-order valence-electron chi connectivity index (χ0n) is 69.1. The van der Waals surface area contributed by atoms with Gasteiger partial charge in [0.1, 0.15) is 45.9 Å². The lowest BCUT2D eigenvalue weighted by Gasteiger charge is -2.14. The summed E-state index contributed by atoms with van der Waals surface area (Å²) < 4.78 is 51.7. The van der Waals surface area contributed by atoms with E-state index in [9.17, 15) is 13.2 Å². The highest BCUT2D eigenvalue weighted by molar-refractivity contribution is 5.96. The lowest BCUT2D eigenvalue weighted by molar-refractivity contribution is -0.668. The topological polar surface area (TPSA) is 83.8 Å². The van der Waals surface area contributed by atoms with Gasteiger partial charge in [-0.25, -0.2) is 36.0 Å². The van der Waals surface area contributed by atoms with Crippen LogP contribution in [0.2, 0.25) is 0 Å². The minimum Gasteiger partial charge on any atom is -0.232 e. The number of aromatic nitrogens is 10. The van der Waals surface area contributed by atoms with Crippen LogP contribution in [0, 0.1) is 107 Å². The summed E-state index contributed by atoms with van der Waals surface area (Å²) in [5, 5.41) is 5.73. The molecule has 0 saturated heterocycles. The molecule has 0 unspecified atom stereocenters. The van der Waals surface area contributed by atoms with Crippen LogP contribution in [-0.2, 0) is 35.2 Å². The van der Waals surface area contributed by atoms with Crippen LogP contribution in [0.4, 0.5) is 13.2 Å². The van der Waals surface area contributed by atoms with Crippen LogP contribution >= 0.6 is 0 Å². The quantitative estimate of drug-likeness (QED) is 0.121. The van der Waals surface area contributed by atoms with Crippen molar-refractivity contribution in [2.24, 2.45) is 35.2 Å². The van der Waals surface area contributed by atoms with Gasteiger partial charge in [-0.1, -0.05) is 112 Å². The second-order valence-corrected chi connectivity index (χ2v) is 30.2. The highest BCUT2D eigenvalue weighted by Crippen LogP contribution is 2.37. The number of hydrogen-bond donors (Lipinski definition) is 0. The Hall–Kier alpha value is -11.3. The van der Waals surface area contributed by atoms with Crippen molar-refractivity contribution in [3.63, 3.8) is 0 Å². The molecule has 566 valence electrons. The lowest BCUT2D eigenvalue weighted by Crippen LogP contribution is -2.36. The van der Waals surface area contributed by atoms with Crippen LogP contribution in [0.3, 0.4) is 0 Å². The van der Waals surface area contributed by atoms with E-state index in [1.165, 1.54) is 92.4 Å². The van der Waals surface area contributed by atoms with E-state index in [-0.39, 0.29) is 17.5 Å². The van der Waals surface area contributed by atoms with E-state index < -0.39 is 0 Å². The van der Waals surface area contributed by atoms with Gasteiger partial charge in [-0.3, -0.25) is 0 Å². The summed E-state index contributed by atoms with van der Waals surface area (Å²) >= 11 is 0. The molecule has 15 aromatic rings. The van der Waals surface area contributed by atoms with E-state index in [1.54, 1.807) is 45.3 Å². The van der Waals surface area contributed by atoms with Gasteiger partial charge in [0.25, 0.3) is 30.6 Å². The van der Waals surface area contributed by atoms with E-state index in [0.717, 1.165) is 111 Å². The van der Waals surface area contributed by atoms with Gasteiger partial charge in [-0.05, 0) is 297 Å². The van der Waals surface area contributed by atoms with Crippen LogP contribution in [0.15, 0.2) is 195 Å².